The number of thiophene rings is 1. The molecular formula is C45H28N6S. The van der Waals surface area contributed by atoms with Crippen molar-refractivity contribution in [3.63, 3.8) is 0 Å². The quantitative estimate of drug-likeness (QED) is 0.174. The van der Waals surface area contributed by atoms with Crippen molar-refractivity contribution in [2.45, 2.75) is 0 Å². The van der Waals surface area contributed by atoms with Crippen LogP contribution in [0.3, 0.4) is 0 Å². The zero-order valence-corrected chi connectivity index (χ0v) is 28.6. The number of fused-ring (bicyclic) bond motifs is 5. The van der Waals surface area contributed by atoms with Crippen LogP contribution >= 0.6 is 11.3 Å². The van der Waals surface area contributed by atoms with Crippen LogP contribution in [0, 0.1) is 0 Å². The van der Waals surface area contributed by atoms with Gasteiger partial charge in [0.2, 0.25) is 0 Å². The minimum atomic E-state index is 0.595. The Balaban J connectivity index is 1.12. The van der Waals surface area contributed by atoms with Crippen molar-refractivity contribution in [2.75, 3.05) is 0 Å². The summed E-state index contributed by atoms with van der Waals surface area (Å²) in [5, 5.41) is 3.75. The second-order valence-electron chi connectivity index (χ2n) is 12.6. The third kappa shape index (κ3) is 5.23. The highest BCUT2D eigenvalue weighted by atomic mass is 32.1. The smallest absolute Gasteiger partial charge is 0.164 e. The Morgan fingerprint density at radius 2 is 1.02 bits per heavy atom. The Bertz CT molecular complexity index is 2880. The molecule has 0 aliphatic carbocycles. The molecule has 244 valence electrons. The van der Waals surface area contributed by atoms with Gasteiger partial charge >= 0.3 is 0 Å². The normalized spacial score (nSPS) is 11.5. The molecule has 0 saturated heterocycles. The topological polar surface area (TPSA) is 69.4 Å². The number of para-hydroxylation sites is 1. The van der Waals surface area contributed by atoms with Crippen LogP contribution in [0.25, 0.3) is 93.3 Å². The zero-order chi connectivity index (χ0) is 34.4. The maximum atomic E-state index is 5.07. The first kappa shape index (κ1) is 30.0. The van der Waals surface area contributed by atoms with E-state index in [9.17, 15) is 0 Å². The number of hydrogen-bond donors (Lipinski definition) is 0. The monoisotopic (exact) mass is 684 g/mol. The fraction of sp³-hybridized carbons (Fsp3) is 0. The van der Waals surface area contributed by atoms with E-state index in [1.54, 1.807) is 24.8 Å². The van der Waals surface area contributed by atoms with Crippen LogP contribution < -0.4 is 0 Å². The van der Waals surface area contributed by atoms with E-state index in [4.69, 9.17) is 15.0 Å². The molecule has 0 radical (unpaired) electrons. The summed E-state index contributed by atoms with van der Waals surface area (Å²) in [4.78, 5) is 24.7. The lowest BCUT2D eigenvalue weighted by atomic mass is 10.0. The highest BCUT2D eigenvalue weighted by Crippen LogP contribution is 2.43. The molecule has 0 atom stereocenters. The van der Waals surface area contributed by atoms with E-state index in [0.29, 0.717) is 17.5 Å². The summed E-state index contributed by atoms with van der Waals surface area (Å²) in [6.07, 6.45) is 7.14. The molecule has 0 aliphatic heterocycles. The van der Waals surface area contributed by atoms with E-state index in [0.717, 1.165) is 44.5 Å². The third-order valence-electron chi connectivity index (χ3n) is 9.47. The number of hydrogen-bond acceptors (Lipinski definition) is 6. The molecule has 0 aliphatic rings. The van der Waals surface area contributed by atoms with E-state index in [1.807, 2.05) is 35.6 Å². The van der Waals surface area contributed by atoms with Gasteiger partial charge in [0.15, 0.2) is 17.5 Å². The number of benzene rings is 5. The van der Waals surface area contributed by atoms with Crippen molar-refractivity contribution in [1.82, 2.24) is 29.5 Å². The lowest BCUT2D eigenvalue weighted by molar-refractivity contribution is 1.07. The van der Waals surface area contributed by atoms with E-state index >= 15 is 0 Å². The van der Waals surface area contributed by atoms with Gasteiger partial charge in [-0.15, -0.1) is 11.3 Å². The molecule has 0 bridgehead atoms. The Labute approximate surface area is 303 Å². The van der Waals surface area contributed by atoms with Crippen LogP contribution in [0.15, 0.2) is 170 Å². The summed E-state index contributed by atoms with van der Waals surface area (Å²) in [5.74, 6) is 1.80. The molecule has 0 amide bonds. The third-order valence-corrected chi connectivity index (χ3v) is 10.7. The lowest BCUT2D eigenvalue weighted by Crippen LogP contribution is -2.01. The van der Waals surface area contributed by atoms with Gasteiger partial charge in [-0.3, -0.25) is 9.97 Å². The molecule has 0 N–H and O–H groups in total. The van der Waals surface area contributed by atoms with Gasteiger partial charge in [0, 0.05) is 67.5 Å². The SMILES string of the molecule is c1ccc(-c2cc3ccc4c(c5ccccc5n4-c4cccc(-c5nc(-c6ccncc6)nc(-c6ccc(-c7ccncc7)cc6)n5)c4)c3s2)cc1. The fourth-order valence-electron chi connectivity index (χ4n) is 6.98. The minimum Gasteiger partial charge on any atom is -0.309 e. The van der Waals surface area contributed by atoms with Crippen LogP contribution in [0.4, 0.5) is 0 Å². The van der Waals surface area contributed by atoms with E-state index < -0.39 is 0 Å². The van der Waals surface area contributed by atoms with Crippen molar-refractivity contribution >= 4 is 43.2 Å². The molecular weight excluding hydrogens is 657 g/mol. The molecule has 10 rings (SSSR count). The Morgan fingerprint density at radius 1 is 0.423 bits per heavy atom. The molecule has 5 aromatic carbocycles. The largest absolute Gasteiger partial charge is 0.309 e. The van der Waals surface area contributed by atoms with Gasteiger partial charge < -0.3 is 4.57 Å². The van der Waals surface area contributed by atoms with Crippen molar-refractivity contribution < 1.29 is 0 Å². The summed E-state index contributed by atoms with van der Waals surface area (Å²) >= 11 is 1.85. The second kappa shape index (κ2) is 12.5. The van der Waals surface area contributed by atoms with Gasteiger partial charge in [-0.2, -0.15) is 0 Å². The molecule has 6 nitrogen and oxygen atoms in total. The van der Waals surface area contributed by atoms with E-state index in [-0.39, 0.29) is 0 Å². The molecule has 0 saturated carbocycles. The van der Waals surface area contributed by atoms with Gasteiger partial charge in [0.05, 0.1) is 11.0 Å². The first-order valence-corrected chi connectivity index (χ1v) is 17.9. The van der Waals surface area contributed by atoms with E-state index in [1.165, 1.54) is 31.3 Å². The average Bonchev–Trinajstić information content (AvgIpc) is 3.82. The van der Waals surface area contributed by atoms with Gasteiger partial charge in [-0.1, -0.05) is 91.0 Å². The molecule has 10 aromatic rings. The van der Waals surface area contributed by atoms with Crippen LogP contribution in [0.1, 0.15) is 0 Å². The molecule has 0 fully saturated rings. The average molecular weight is 685 g/mol. The molecule has 7 heteroatoms. The minimum absolute atomic E-state index is 0.595. The highest BCUT2D eigenvalue weighted by Gasteiger charge is 2.18. The molecule has 0 unspecified atom stereocenters. The van der Waals surface area contributed by atoms with Gasteiger partial charge in [-0.25, -0.2) is 15.0 Å². The first-order chi connectivity index (χ1) is 25.8. The van der Waals surface area contributed by atoms with Crippen LogP contribution in [0.5, 0.6) is 0 Å². The molecule has 5 aromatic heterocycles. The number of pyridine rings is 2. The number of rotatable bonds is 6. The summed E-state index contributed by atoms with van der Waals surface area (Å²) in [5.41, 5.74) is 9.48. The van der Waals surface area contributed by atoms with Gasteiger partial charge in [0.25, 0.3) is 0 Å². The Hall–Kier alpha value is -6.83. The number of aromatic nitrogens is 6. The second-order valence-corrected chi connectivity index (χ2v) is 13.7. The first-order valence-electron chi connectivity index (χ1n) is 17.1. The summed E-state index contributed by atoms with van der Waals surface area (Å²) in [6, 6.07) is 50.8. The molecule has 0 spiro atoms. The van der Waals surface area contributed by atoms with E-state index in [2.05, 4.69) is 136 Å². The van der Waals surface area contributed by atoms with Crippen LogP contribution in [0.2, 0.25) is 0 Å². The van der Waals surface area contributed by atoms with Crippen LogP contribution in [-0.2, 0) is 0 Å². The summed E-state index contributed by atoms with van der Waals surface area (Å²) < 4.78 is 3.65. The van der Waals surface area contributed by atoms with Gasteiger partial charge in [0.1, 0.15) is 0 Å². The van der Waals surface area contributed by atoms with Crippen LogP contribution in [-0.4, -0.2) is 29.5 Å². The van der Waals surface area contributed by atoms with Crippen molar-refractivity contribution in [2.24, 2.45) is 0 Å². The zero-order valence-electron chi connectivity index (χ0n) is 27.8. The summed E-state index contributed by atoms with van der Waals surface area (Å²) in [6.45, 7) is 0. The standard InChI is InChI=1S/C45H28N6S/c1-2-7-31(8-3-1)40-28-34-17-18-39-41(42(34)52-40)37-11-4-5-12-38(37)51(39)36-10-6-9-35(27-36)45-49-43(48-44(50-45)33-21-25-47-26-22-33)32-15-13-29(14-16-32)30-19-23-46-24-20-30/h1-28H. The summed E-state index contributed by atoms with van der Waals surface area (Å²) in [7, 11) is 0. The van der Waals surface area contributed by atoms with Gasteiger partial charge in [-0.05, 0) is 76.7 Å². The van der Waals surface area contributed by atoms with Crippen molar-refractivity contribution in [3.8, 4) is 61.4 Å². The van der Waals surface area contributed by atoms with Crippen molar-refractivity contribution in [3.05, 3.63) is 170 Å². The van der Waals surface area contributed by atoms with Crippen molar-refractivity contribution in [1.29, 1.82) is 0 Å². The predicted octanol–water partition coefficient (Wildman–Crippen LogP) is 11.3. The molecule has 5 heterocycles. The Kier molecular flexibility index (Phi) is 7.22. The predicted molar refractivity (Wildman–Crippen MR) is 212 cm³/mol. The lowest BCUT2D eigenvalue weighted by Gasteiger charge is -2.12. The Morgan fingerprint density at radius 3 is 1.77 bits per heavy atom. The maximum absolute atomic E-state index is 5.07. The fourth-order valence-corrected chi connectivity index (χ4v) is 8.20. The highest BCUT2D eigenvalue weighted by molar-refractivity contribution is 7.23. The maximum Gasteiger partial charge on any atom is 0.164 e. The number of nitrogens with zero attached hydrogens (tertiary/aromatic N) is 6. The molecule has 52 heavy (non-hydrogen) atoms.